The maximum absolute atomic E-state index is 13.1. The van der Waals surface area contributed by atoms with Crippen LogP contribution in [0.3, 0.4) is 0 Å². The zero-order valence-corrected chi connectivity index (χ0v) is 23.0. The summed E-state index contributed by atoms with van der Waals surface area (Å²) in [6, 6.07) is 5.90. The smallest absolute Gasteiger partial charge is 0.197 e. The van der Waals surface area contributed by atoms with Crippen molar-refractivity contribution >= 4 is 11.0 Å². The number of hydrogen-bond acceptors (Lipinski definition) is 16. The molecule has 0 spiro atoms. The maximum atomic E-state index is 13.1. The topological polar surface area (TPSA) is 269 Å². The lowest BCUT2D eigenvalue weighted by Crippen LogP contribution is -2.60. The van der Waals surface area contributed by atoms with Crippen molar-refractivity contribution in [2.24, 2.45) is 0 Å². The van der Waals surface area contributed by atoms with Crippen LogP contribution in [0.5, 0.6) is 23.0 Å². The number of aliphatic hydroxyl groups excluding tert-OH is 7. The summed E-state index contributed by atoms with van der Waals surface area (Å²) >= 11 is 0. The quantitative estimate of drug-likeness (QED) is 0.135. The second kappa shape index (κ2) is 12.4. The molecule has 3 heterocycles. The van der Waals surface area contributed by atoms with Crippen molar-refractivity contribution in [2.75, 3.05) is 20.3 Å². The van der Waals surface area contributed by atoms with Gasteiger partial charge in [0.2, 0.25) is 0 Å². The van der Waals surface area contributed by atoms with E-state index < -0.39 is 102 Å². The number of phenolic OH excluding ortho intramolecular Hbond substituents is 3. The fourth-order valence-electron chi connectivity index (χ4n) is 5.29. The summed E-state index contributed by atoms with van der Waals surface area (Å²) in [4.78, 5) is 13.1. The standard InChI is InChI=1S/C28H32O16/c1-40-15-4-9(2-3-10(15)30)14-6-13(33)18-11(31)5-12(32)19(26(18)42-14)27-24(38)22(36)21(35)17(43-27)8-41-28-25(39)23(37)20(34)16(7-29)44-28/h2-6,16-17,20-25,27-32,34-39H,7-8H2,1H3. The predicted octanol–water partition coefficient (Wildman–Crippen LogP) is -2.08. The van der Waals surface area contributed by atoms with Crippen LogP contribution in [-0.4, -0.2) is 127 Å². The molecule has 2 aliphatic heterocycles. The number of benzene rings is 2. The number of ether oxygens (including phenoxy) is 4. The Labute approximate surface area is 247 Å². The predicted molar refractivity (Wildman–Crippen MR) is 145 cm³/mol. The zero-order chi connectivity index (χ0) is 32.0. The van der Waals surface area contributed by atoms with Crippen molar-refractivity contribution in [1.82, 2.24) is 0 Å². The van der Waals surface area contributed by atoms with Crippen LogP contribution in [0.25, 0.3) is 22.3 Å². The van der Waals surface area contributed by atoms with Gasteiger partial charge in [0.05, 0.1) is 25.9 Å². The fraction of sp³-hybridized carbons (Fsp3) is 0.464. The highest BCUT2D eigenvalue weighted by atomic mass is 16.7. The highest BCUT2D eigenvalue weighted by Gasteiger charge is 2.48. The molecule has 0 saturated carbocycles. The molecule has 240 valence electrons. The Morgan fingerprint density at radius 2 is 1.45 bits per heavy atom. The van der Waals surface area contributed by atoms with Crippen LogP contribution in [0.15, 0.2) is 39.5 Å². The molecule has 0 amide bonds. The van der Waals surface area contributed by atoms with Crippen LogP contribution in [-0.2, 0) is 14.2 Å². The fourth-order valence-corrected chi connectivity index (χ4v) is 5.29. The van der Waals surface area contributed by atoms with E-state index in [1.54, 1.807) is 0 Å². The van der Waals surface area contributed by atoms with Gasteiger partial charge in [0.15, 0.2) is 28.8 Å². The first-order valence-corrected chi connectivity index (χ1v) is 13.4. The molecule has 1 aromatic heterocycles. The molecule has 16 nitrogen and oxygen atoms in total. The molecule has 0 aliphatic carbocycles. The molecule has 3 aromatic rings. The molecule has 44 heavy (non-hydrogen) atoms. The number of hydrogen-bond donors (Lipinski definition) is 10. The molecule has 0 radical (unpaired) electrons. The molecule has 2 aliphatic rings. The largest absolute Gasteiger partial charge is 0.507 e. The molecule has 5 rings (SSSR count). The molecular formula is C28H32O16. The van der Waals surface area contributed by atoms with Crippen LogP contribution < -0.4 is 10.2 Å². The van der Waals surface area contributed by atoms with Gasteiger partial charge in [0.1, 0.15) is 77.6 Å². The second-order valence-electron chi connectivity index (χ2n) is 10.5. The third-order valence-corrected chi connectivity index (χ3v) is 7.73. The maximum Gasteiger partial charge on any atom is 0.197 e. The van der Waals surface area contributed by atoms with E-state index in [9.17, 15) is 55.9 Å². The Morgan fingerprint density at radius 1 is 0.773 bits per heavy atom. The number of aromatic hydroxyl groups is 3. The van der Waals surface area contributed by atoms with E-state index >= 15 is 0 Å². The van der Waals surface area contributed by atoms with Gasteiger partial charge < -0.3 is 74.4 Å². The van der Waals surface area contributed by atoms with Gasteiger partial charge in [-0.1, -0.05) is 0 Å². The van der Waals surface area contributed by atoms with Gasteiger partial charge in [0.25, 0.3) is 0 Å². The number of aliphatic hydroxyl groups is 7. The Kier molecular flexibility index (Phi) is 9.01. The first-order valence-electron chi connectivity index (χ1n) is 13.4. The molecule has 16 heteroatoms. The molecule has 10 unspecified atom stereocenters. The van der Waals surface area contributed by atoms with E-state index in [0.29, 0.717) is 0 Å². The van der Waals surface area contributed by atoms with E-state index in [0.717, 1.165) is 12.1 Å². The van der Waals surface area contributed by atoms with E-state index in [1.807, 2.05) is 0 Å². The summed E-state index contributed by atoms with van der Waals surface area (Å²) in [5, 5.41) is 103. The summed E-state index contributed by atoms with van der Waals surface area (Å²) in [5.74, 6) is -1.62. The monoisotopic (exact) mass is 624 g/mol. The molecule has 2 saturated heterocycles. The molecule has 2 fully saturated rings. The van der Waals surface area contributed by atoms with Crippen molar-refractivity contribution in [3.63, 3.8) is 0 Å². The lowest BCUT2D eigenvalue weighted by Gasteiger charge is -2.43. The lowest BCUT2D eigenvalue weighted by molar-refractivity contribution is -0.314. The Balaban J connectivity index is 1.52. The van der Waals surface area contributed by atoms with Crippen LogP contribution in [0, 0.1) is 0 Å². The van der Waals surface area contributed by atoms with Crippen molar-refractivity contribution < 1.29 is 74.4 Å². The average Bonchev–Trinajstić information content (AvgIpc) is 2.99. The minimum atomic E-state index is -1.92. The average molecular weight is 625 g/mol. The Bertz CT molecular complexity index is 1550. The molecule has 2 aromatic carbocycles. The van der Waals surface area contributed by atoms with E-state index in [2.05, 4.69) is 0 Å². The van der Waals surface area contributed by atoms with Gasteiger partial charge in [-0.05, 0) is 18.2 Å². The summed E-state index contributed by atoms with van der Waals surface area (Å²) in [6.07, 6.45) is -16.9. The number of fused-ring (bicyclic) bond motifs is 1. The molecular weight excluding hydrogens is 592 g/mol. The molecule has 0 bridgehead atoms. The summed E-state index contributed by atoms with van der Waals surface area (Å²) in [7, 11) is 1.31. The summed E-state index contributed by atoms with van der Waals surface area (Å²) in [5.41, 5.74) is -1.32. The highest BCUT2D eigenvalue weighted by Crippen LogP contribution is 2.44. The van der Waals surface area contributed by atoms with Gasteiger partial charge in [-0.2, -0.15) is 0 Å². The Morgan fingerprint density at radius 3 is 2.14 bits per heavy atom. The van der Waals surface area contributed by atoms with E-state index in [1.165, 1.54) is 25.3 Å². The molecule has 10 atom stereocenters. The lowest BCUT2D eigenvalue weighted by atomic mass is 9.89. The van der Waals surface area contributed by atoms with Gasteiger partial charge in [-0.25, -0.2) is 0 Å². The van der Waals surface area contributed by atoms with Crippen LogP contribution in [0.2, 0.25) is 0 Å². The van der Waals surface area contributed by atoms with Crippen molar-refractivity contribution in [3.05, 3.63) is 46.1 Å². The summed E-state index contributed by atoms with van der Waals surface area (Å²) in [6.45, 7) is -1.37. The zero-order valence-electron chi connectivity index (χ0n) is 23.0. The number of rotatable bonds is 7. The van der Waals surface area contributed by atoms with E-state index in [4.69, 9.17) is 23.4 Å². The van der Waals surface area contributed by atoms with Gasteiger partial charge in [0, 0.05) is 17.7 Å². The minimum Gasteiger partial charge on any atom is -0.507 e. The third-order valence-electron chi connectivity index (χ3n) is 7.73. The van der Waals surface area contributed by atoms with Crippen LogP contribution in [0.4, 0.5) is 0 Å². The van der Waals surface area contributed by atoms with Gasteiger partial charge in [-0.3, -0.25) is 4.79 Å². The van der Waals surface area contributed by atoms with Gasteiger partial charge >= 0.3 is 0 Å². The van der Waals surface area contributed by atoms with Gasteiger partial charge in [-0.15, -0.1) is 0 Å². The minimum absolute atomic E-state index is 0.0506. The van der Waals surface area contributed by atoms with Crippen molar-refractivity contribution in [2.45, 2.75) is 61.2 Å². The van der Waals surface area contributed by atoms with Crippen LogP contribution in [0.1, 0.15) is 11.7 Å². The van der Waals surface area contributed by atoms with Crippen molar-refractivity contribution in [1.29, 1.82) is 0 Å². The SMILES string of the molecule is COc1cc(-c2cc(=O)c3c(O)cc(O)c(C4OC(COC5OC(CO)C(O)C(O)C5O)C(O)C(O)C4O)c3o2)ccc1O. The normalized spacial score (nSPS) is 32.5. The number of methoxy groups -OCH3 is 1. The first kappa shape index (κ1) is 31.9. The third kappa shape index (κ3) is 5.56. The van der Waals surface area contributed by atoms with E-state index in [-0.39, 0.29) is 28.4 Å². The molecule has 10 N–H and O–H groups in total. The Hall–Kier alpha value is -3.55. The van der Waals surface area contributed by atoms with Crippen LogP contribution >= 0.6 is 0 Å². The summed E-state index contributed by atoms with van der Waals surface area (Å²) < 4.78 is 27.6. The number of phenols is 3. The first-order chi connectivity index (χ1) is 20.9. The van der Waals surface area contributed by atoms with Crippen molar-refractivity contribution in [3.8, 4) is 34.3 Å². The highest BCUT2D eigenvalue weighted by molar-refractivity contribution is 5.89. The second-order valence-corrected chi connectivity index (χ2v) is 10.5.